The molecular weight excluding hydrogens is 288 g/mol. The van der Waals surface area contributed by atoms with Gasteiger partial charge >= 0.3 is 0 Å². The van der Waals surface area contributed by atoms with Crippen LogP contribution in [0.4, 0.5) is 0 Å². The van der Waals surface area contributed by atoms with Gasteiger partial charge in [0, 0.05) is 19.3 Å². The maximum atomic E-state index is 8.84. The van der Waals surface area contributed by atoms with Gasteiger partial charge in [-0.05, 0) is 36.3 Å². The van der Waals surface area contributed by atoms with Gasteiger partial charge in [0.25, 0.3) is 6.26 Å². The average molecular weight is 312 g/mol. The summed E-state index contributed by atoms with van der Waals surface area (Å²) in [6.45, 7) is 8.25. The Morgan fingerprint density at radius 3 is 2.91 bits per heavy atom. The number of rotatable bonds is 6. The fourth-order valence-corrected chi connectivity index (χ4v) is 2.54. The van der Waals surface area contributed by atoms with Crippen molar-refractivity contribution in [1.29, 1.82) is 10.7 Å². The zero-order valence-electron chi connectivity index (χ0n) is 14.0. The monoisotopic (exact) mass is 312 g/mol. The average Bonchev–Trinajstić information content (AvgIpc) is 2.48. The minimum absolute atomic E-state index is 0.323. The highest BCUT2D eigenvalue weighted by Crippen LogP contribution is 2.24. The predicted octanol–water partition coefficient (Wildman–Crippen LogP) is 3.67. The summed E-state index contributed by atoms with van der Waals surface area (Å²) in [5.74, 6) is 1.95. The minimum atomic E-state index is 0.323. The first-order chi connectivity index (χ1) is 11.0. The van der Waals surface area contributed by atoms with Crippen molar-refractivity contribution in [2.75, 3.05) is 13.1 Å². The van der Waals surface area contributed by atoms with Crippen molar-refractivity contribution in [3.63, 3.8) is 0 Å². The summed E-state index contributed by atoms with van der Waals surface area (Å²) in [6.07, 6.45) is 9.66. The van der Waals surface area contributed by atoms with Gasteiger partial charge in [0.05, 0.1) is 0 Å². The van der Waals surface area contributed by atoms with E-state index in [1.54, 1.807) is 18.5 Å². The highest BCUT2D eigenvalue weighted by atomic mass is 16.5. The van der Waals surface area contributed by atoms with E-state index < -0.39 is 0 Å². The van der Waals surface area contributed by atoms with Gasteiger partial charge in [-0.25, -0.2) is 4.98 Å². The van der Waals surface area contributed by atoms with Gasteiger partial charge in [-0.3, -0.25) is 5.41 Å². The molecule has 0 aromatic carbocycles. The van der Waals surface area contributed by atoms with E-state index in [9.17, 15) is 0 Å². The quantitative estimate of drug-likeness (QED) is 0.494. The Morgan fingerprint density at radius 1 is 1.57 bits per heavy atom. The van der Waals surface area contributed by atoms with Crippen LogP contribution in [0.1, 0.15) is 44.9 Å². The van der Waals surface area contributed by atoms with Crippen LogP contribution in [0.5, 0.6) is 5.75 Å². The number of amidine groups is 1. The van der Waals surface area contributed by atoms with E-state index in [2.05, 4.69) is 31.8 Å². The number of hydrogen-bond donors (Lipinski definition) is 1. The maximum Gasteiger partial charge on any atom is 0.292 e. The molecule has 5 nitrogen and oxygen atoms in total. The van der Waals surface area contributed by atoms with Crippen LogP contribution in [0.2, 0.25) is 0 Å². The fraction of sp³-hybridized carbons (Fsp3) is 0.500. The molecule has 1 fully saturated rings. The standard InChI is InChI=1S/C18H24N4O/c1-13(2)6-4-5-7-15-8-16(23-12-19)17(21-9-15)18(20)22-10-14(3)11-22/h5,7-9,13-14,20H,4,6,10-11H2,1-3H3/b7-5-,20-18?. The summed E-state index contributed by atoms with van der Waals surface area (Å²) in [6, 6.07) is 1.77. The summed E-state index contributed by atoms with van der Waals surface area (Å²) in [5.41, 5.74) is 1.31. The summed E-state index contributed by atoms with van der Waals surface area (Å²) in [4.78, 5) is 6.29. The maximum absolute atomic E-state index is 8.84. The summed E-state index contributed by atoms with van der Waals surface area (Å²) < 4.78 is 5.03. The van der Waals surface area contributed by atoms with Crippen LogP contribution in [-0.2, 0) is 0 Å². The molecule has 1 aliphatic heterocycles. The van der Waals surface area contributed by atoms with E-state index >= 15 is 0 Å². The number of nitrogens with zero attached hydrogens (tertiary/aromatic N) is 3. The van der Waals surface area contributed by atoms with Crippen LogP contribution >= 0.6 is 0 Å². The van der Waals surface area contributed by atoms with E-state index in [4.69, 9.17) is 15.4 Å². The number of nitrogens with one attached hydrogen (secondary N) is 1. The van der Waals surface area contributed by atoms with Crippen LogP contribution in [0.15, 0.2) is 18.3 Å². The normalized spacial score (nSPS) is 14.8. The van der Waals surface area contributed by atoms with Gasteiger partial charge in [0.1, 0.15) is 5.69 Å². The molecule has 0 spiro atoms. The summed E-state index contributed by atoms with van der Waals surface area (Å²) in [7, 11) is 0. The molecule has 0 amide bonds. The minimum Gasteiger partial charge on any atom is -0.386 e. The number of pyridine rings is 1. The number of likely N-dealkylation sites (tertiary alicyclic amines) is 1. The predicted molar refractivity (Wildman–Crippen MR) is 91.1 cm³/mol. The van der Waals surface area contributed by atoms with Crippen molar-refractivity contribution in [1.82, 2.24) is 9.88 Å². The van der Waals surface area contributed by atoms with E-state index in [0.717, 1.165) is 31.5 Å². The van der Waals surface area contributed by atoms with Crippen LogP contribution in [0, 0.1) is 28.8 Å². The number of allylic oxidation sites excluding steroid dienone is 1. The molecule has 1 aliphatic rings. The number of nitriles is 1. The SMILES string of the molecule is CC(C)CC/C=C\c1cnc(C(=N)N2CC(C)C2)c(OC#N)c1. The lowest BCUT2D eigenvalue weighted by molar-refractivity contribution is 0.204. The van der Waals surface area contributed by atoms with Crippen molar-refractivity contribution in [3.05, 3.63) is 29.6 Å². The Bertz CT molecular complexity index is 624. The van der Waals surface area contributed by atoms with Gasteiger partial charge in [-0.2, -0.15) is 0 Å². The lowest BCUT2D eigenvalue weighted by Gasteiger charge is -2.38. The van der Waals surface area contributed by atoms with Crippen molar-refractivity contribution in [2.45, 2.75) is 33.6 Å². The first kappa shape index (κ1) is 17.0. The molecule has 1 aromatic heterocycles. The lowest BCUT2D eigenvalue weighted by atomic mass is 10.0. The van der Waals surface area contributed by atoms with Crippen LogP contribution in [0.3, 0.4) is 0 Å². The summed E-state index contributed by atoms with van der Waals surface area (Å²) >= 11 is 0. The molecular formula is C18H24N4O. The number of ether oxygens (including phenoxy) is 1. The van der Waals surface area contributed by atoms with Gasteiger partial charge in [-0.1, -0.05) is 32.9 Å². The third-order valence-corrected chi connectivity index (χ3v) is 3.86. The molecule has 23 heavy (non-hydrogen) atoms. The highest BCUT2D eigenvalue weighted by Gasteiger charge is 2.28. The van der Waals surface area contributed by atoms with Crippen molar-refractivity contribution < 1.29 is 4.74 Å². The van der Waals surface area contributed by atoms with Crippen molar-refractivity contribution in [3.8, 4) is 12.0 Å². The Labute approximate surface area is 138 Å². The van der Waals surface area contributed by atoms with E-state index in [1.807, 2.05) is 11.0 Å². The third kappa shape index (κ3) is 4.56. The molecule has 1 N–H and O–H groups in total. The van der Waals surface area contributed by atoms with Gasteiger partial charge in [-0.15, -0.1) is 5.26 Å². The van der Waals surface area contributed by atoms with Crippen LogP contribution < -0.4 is 4.74 Å². The first-order valence-electron chi connectivity index (χ1n) is 8.07. The molecule has 5 heteroatoms. The second kappa shape index (κ2) is 7.77. The van der Waals surface area contributed by atoms with Crippen LogP contribution in [-0.4, -0.2) is 28.8 Å². The Kier molecular flexibility index (Phi) is 5.75. The molecule has 0 aliphatic carbocycles. The molecule has 0 bridgehead atoms. The zero-order chi connectivity index (χ0) is 16.8. The Hall–Kier alpha value is -2.35. The smallest absolute Gasteiger partial charge is 0.292 e. The fourth-order valence-electron chi connectivity index (χ4n) is 2.54. The third-order valence-electron chi connectivity index (χ3n) is 3.86. The molecule has 0 atom stereocenters. The van der Waals surface area contributed by atoms with Crippen molar-refractivity contribution in [2.24, 2.45) is 11.8 Å². The molecule has 122 valence electrons. The number of hydrogen-bond acceptors (Lipinski definition) is 4. The van der Waals surface area contributed by atoms with E-state index in [-0.39, 0.29) is 0 Å². The molecule has 1 saturated heterocycles. The second-order valence-electron chi connectivity index (χ2n) is 6.54. The van der Waals surface area contributed by atoms with Crippen LogP contribution in [0.25, 0.3) is 6.08 Å². The second-order valence-corrected chi connectivity index (χ2v) is 6.54. The highest BCUT2D eigenvalue weighted by molar-refractivity contribution is 5.97. The van der Waals surface area contributed by atoms with E-state index in [1.165, 1.54) is 0 Å². The zero-order valence-corrected chi connectivity index (χ0v) is 14.0. The summed E-state index contributed by atoms with van der Waals surface area (Å²) in [5, 5.41) is 17.1. The Morgan fingerprint density at radius 2 is 2.30 bits per heavy atom. The van der Waals surface area contributed by atoms with Gasteiger partial charge in [0.2, 0.25) is 0 Å². The van der Waals surface area contributed by atoms with Gasteiger partial charge in [0.15, 0.2) is 11.6 Å². The topological polar surface area (TPSA) is 73.0 Å². The molecule has 0 radical (unpaired) electrons. The Balaban J connectivity index is 2.11. The van der Waals surface area contributed by atoms with E-state index in [0.29, 0.717) is 29.1 Å². The molecule has 2 rings (SSSR count). The molecule has 0 saturated carbocycles. The lowest BCUT2D eigenvalue weighted by Crippen LogP contribution is -2.48. The first-order valence-corrected chi connectivity index (χ1v) is 8.07. The number of aromatic nitrogens is 1. The molecule has 0 unspecified atom stereocenters. The van der Waals surface area contributed by atoms with Crippen molar-refractivity contribution >= 4 is 11.9 Å². The molecule has 1 aromatic rings. The van der Waals surface area contributed by atoms with Gasteiger partial charge < -0.3 is 9.64 Å². The molecule has 2 heterocycles. The largest absolute Gasteiger partial charge is 0.386 e.